The summed E-state index contributed by atoms with van der Waals surface area (Å²) in [6.07, 6.45) is 4.98. The summed E-state index contributed by atoms with van der Waals surface area (Å²) in [6, 6.07) is 13.5. The van der Waals surface area contributed by atoms with Crippen molar-refractivity contribution in [3.8, 4) is 34.4 Å². The molecule has 0 aliphatic rings. The van der Waals surface area contributed by atoms with Crippen molar-refractivity contribution in [2.75, 3.05) is 14.1 Å². The van der Waals surface area contributed by atoms with Gasteiger partial charge in [0.15, 0.2) is 0 Å². The molecule has 7 heteroatoms. The van der Waals surface area contributed by atoms with Crippen LogP contribution >= 0.6 is 0 Å². The second kappa shape index (κ2) is 7.40. The first-order valence-corrected chi connectivity index (χ1v) is 8.66. The molecule has 0 aliphatic carbocycles. The van der Waals surface area contributed by atoms with Crippen LogP contribution in [0.4, 0.5) is 0 Å². The molecule has 0 fully saturated rings. The normalized spacial score (nSPS) is 10.6. The number of rotatable bonds is 5. The van der Waals surface area contributed by atoms with Crippen molar-refractivity contribution in [3.05, 3.63) is 73.2 Å². The van der Waals surface area contributed by atoms with Crippen molar-refractivity contribution < 1.29 is 4.42 Å². The fraction of sp³-hybridized carbons (Fsp3) is 0.0952. The third kappa shape index (κ3) is 3.50. The van der Waals surface area contributed by atoms with E-state index in [1.165, 1.54) is 0 Å². The van der Waals surface area contributed by atoms with E-state index in [4.69, 9.17) is 4.42 Å². The Morgan fingerprint density at radius 3 is 2.29 bits per heavy atom. The van der Waals surface area contributed by atoms with Crippen LogP contribution in [-0.2, 0) is 0 Å². The van der Waals surface area contributed by atoms with E-state index in [1.54, 1.807) is 18.6 Å². The van der Waals surface area contributed by atoms with Crippen LogP contribution in [0.1, 0.15) is 5.56 Å². The highest BCUT2D eigenvalue weighted by molar-refractivity contribution is 5.67. The predicted octanol–water partition coefficient (Wildman–Crippen LogP) is 3.79. The van der Waals surface area contributed by atoms with Crippen molar-refractivity contribution in [3.63, 3.8) is 0 Å². The van der Waals surface area contributed by atoms with Crippen molar-refractivity contribution in [1.82, 2.24) is 30.0 Å². The largest absolute Gasteiger partial charge is 0.413 e. The molecule has 0 spiro atoms. The highest BCUT2D eigenvalue weighted by Crippen LogP contribution is 2.24. The van der Waals surface area contributed by atoms with Gasteiger partial charge in [-0.15, -0.1) is 10.2 Å². The minimum Gasteiger partial charge on any atom is -0.413 e. The Kier molecular flexibility index (Phi) is 4.63. The van der Waals surface area contributed by atoms with Crippen LogP contribution in [0.3, 0.4) is 0 Å². The fourth-order valence-corrected chi connectivity index (χ4v) is 2.62. The van der Waals surface area contributed by atoms with Gasteiger partial charge in [-0.05, 0) is 17.7 Å². The molecule has 4 rings (SSSR count). The van der Waals surface area contributed by atoms with E-state index in [0.717, 1.165) is 22.5 Å². The second-order valence-electron chi connectivity index (χ2n) is 6.34. The Balaban J connectivity index is 1.62. The maximum atomic E-state index is 5.72. The van der Waals surface area contributed by atoms with Gasteiger partial charge in [-0.3, -0.25) is 9.97 Å². The molecule has 4 aromatic rings. The minimum absolute atomic E-state index is 0.299. The number of hydrogen-bond acceptors (Lipinski definition) is 7. The summed E-state index contributed by atoms with van der Waals surface area (Å²) in [5, 5.41) is 8.13. The fourth-order valence-electron chi connectivity index (χ4n) is 2.62. The third-order valence-electron chi connectivity index (χ3n) is 4.22. The van der Waals surface area contributed by atoms with E-state index in [-0.39, 0.29) is 0 Å². The lowest BCUT2D eigenvalue weighted by molar-refractivity contribution is 0.579. The van der Waals surface area contributed by atoms with E-state index >= 15 is 0 Å². The van der Waals surface area contributed by atoms with Gasteiger partial charge in [0.25, 0.3) is 11.8 Å². The number of aromatic nitrogens is 5. The molecule has 0 unspecified atom stereocenters. The molecule has 0 N–H and O–H groups in total. The van der Waals surface area contributed by atoms with Gasteiger partial charge in [-0.2, -0.15) is 0 Å². The summed E-state index contributed by atoms with van der Waals surface area (Å²) >= 11 is 0. The number of pyridine rings is 1. The average molecular weight is 370 g/mol. The second-order valence-corrected chi connectivity index (χ2v) is 6.34. The van der Waals surface area contributed by atoms with E-state index in [1.807, 2.05) is 61.5 Å². The van der Waals surface area contributed by atoms with E-state index in [2.05, 4.69) is 31.7 Å². The minimum atomic E-state index is 0.299. The zero-order chi connectivity index (χ0) is 19.5. The van der Waals surface area contributed by atoms with Gasteiger partial charge < -0.3 is 9.32 Å². The molecule has 7 nitrogen and oxygen atoms in total. The summed E-state index contributed by atoms with van der Waals surface area (Å²) in [5.41, 5.74) is 4.77. The van der Waals surface area contributed by atoms with Crippen LogP contribution in [0.2, 0.25) is 0 Å². The Bertz CT molecular complexity index is 1100. The van der Waals surface area contributed by atoms with Gasteiger partial charge in [-0.1, -0.05) is 36.9 Å². The van der Waals surface area contributed by atoms with Gasteiger partial charge in [0.05, 0.1) is 18.1 Å². The summed E-state index contributed by atoms with van der Waals surface area (Å²) in [4.78, 5) is 15.1. The molecule has 0 saturated heterocycles. The lowest BCUT2D eigenvalue weighted by Crippen LogP contribution is -2.08. The van der Waals surface area contributed by atoms with Crippen molar-refractivity contribution >= 4 is 5.70 Å². The highest BCUT2D eigenvalue weighted by Gasteiger charge is 2.14. The smallest absolute Gasteiger partial charge is 0.268 e. The monoisotopic (exact) mass is 370 g/mol. The zero-order valence-corrected chi connectivity index (χ0v) is 15.6. The summed E-state index contributed by atoms with van der Waals surface area (Å²) < 4.78 is 5.72. The standard InChI is InChI=1S/C21H18N6O/c1-14(27(2)3)15-7-9-16(10-8-15)18-12-22-13-19(24-18)21-26-25-20(28-21)17-6-4-5-11-23-17/h4-13H,1H2,2-3H3. The summed E-state index contributed by atoms with van der Waals surface area (Å²) in [7, 11) is 3.93. The third-order valence-corrected chi connectivity index (χ3v) is 4.22. The SMILES string of the molecule is C=C(c1ccc(-c2cncc(-c3nnc(-c4ccccn4)o3)n2)cc1)N(C)C. The summed E-state index contributed by atoms with van der Waals surface area (Å²) in [6.45, 7) is 4.07. The van der Waals surface area contributed by atoms with Gasteiger partial charge in [0, 0.05) is 31.6 Å². The molecule has 3 heterocycles. The topological polar surface area (TPSA) is 80.8 Å². The van der Waals surface area contributed by atoms with E-state index in [0.29, 0.717) is 23.2 Å². The molecule has 1 aromatic carbocycles. The molecule has 0 radical (unpaired) electrons. The number of hydrogen-bond donors (Lipinski definition) is 0. The van der Waals surface area contributed by atoms with E-state index in [9.17, 15) is 0 Å². The quantitative estimate of drug-likeness (QED) is 0.529. The Morgan fingerprint density at radius 1 is 0.893 bits per heavy atom. The lowest BCUT2D eigenvalue weighted by atomic mass is 10.1. The average Bonchev–Trinajstić information content (AvgIpc) is 3.24. The molecule has 0 amide bonds. The molecule has 138 valence electrons. The molecule has 0 aliphatic heterocycles. The first kappa shape index (κ1) is 17.5. The molecule has 28 heavy (non-hydrogen) atoms. The maximum Gasteiger partial charge on any atom is 0.268 e. The Labute approximate surface area is 162 Å². The van der Waals surface area contributed by atoms with Gasteiger partial charge in [0.2, 0.25) is 0 Å². The Hall–Kier alpha value is -3.87. The van der Waals surface area contributed by atoms with Crippen LogP contribution in [-0.4, -0.2) is 44.1 Å². The molecular formula is C21H18N6O. The van der Waals surface area contributed by atoms with Crippen LogP contribution in [0, 0.1) is 0 Å². The number of nitrogens with zero attached hydrogens (tertiary/aromatic N) is 6. The van der Waals surface area contributed by atoms with Crippen LogP contribution < -0.4 is 0 Å². The zero-order valence-electron chi connectivity index (χ0n) is 15.6. The van der Waals surface area contributed by atoms with Gasteiger partial charge >= 0.3 is 0 Å². The summed E-state index contributed by atoms with van der Waals surface area (Å²) in [5.74, 6) is 0.641. The molecule has 0 saturated carbocycles. The molecule has 0 bridgehead atoms. The first-order valence-electron chi connectivity index (χ1n) is 8.66. The molecule has 0 atom stereocenters. The lowest BCUT2D eigenvalue weighted by Gasteiger charge is -2.15. The van der Waals surface area contributed by atoms with Crippen molar-refractivity contribution in [2.24, 2.45) is 0 Å². The van der Waals surface area contributed by atoms with Gasteiger partial charge in [-0.25, -0.2) is 4.98 Å². The molecular weight excluding hydrogens is 352 g/mol. The van der Waals surface area contributed by atoms with E-state index < -0.39 is 0 Å². The van der Waals surface area contributed by atoms with Crippen molar-refractivity contribution in [2.45, 2.75) is 0 Å². The molecule has 3 aromatic heterocycles. The van der Waals surface area contributed by atoms with Crippen LogP contribution in [0.5, 0.6) is 0 Å². The van der Waals surface area contributed by atoms with Crippen molar-refractivity contribution in [1.29, 1.82) is 0 Å². The van der Waals surface area contributed by atoms with Crippen LogP contribution in [0.25, 0.3) is 40.1 Å². The highest BCUT2D eigenvalue weighted by atomic mass is 16.4. The maximum absolute atomic E-state index is 5.72. The van der Waals surface area contributed by atoms with Gasteiger partial charge in [0.1, 0.15) is 11.4 Å². The Morgan fingerprint density at radius 2 is 1.61 bits per heavy atom. The number of benzene rings is 1. The first-order chi connectivity index (χ1) is 13.6. The predicted molar refractivity (Wildman–Crippen MR) is 107 cm³/mol. The van der Waals surface area contributed by atoms with Crippen LogP contribution in [0.15, 0.2) is 72.1 Å².